The van der Waals surface area contributed by atoms with Crippen LogP contribution in [0.4, 0.5) is 0 Å². The van der Waals surface area contributed by atoms with E-state index in [0.717, 1.165) is 5.56 Å². The zero-order valence-corrected chi connectivity index (χ0v) is 8.84. The van der Waals surface area contributed by atoms with Gasteiger partial charge in [-0.15, -0.1) is 0 Å². The third-order valence-electron chi connectivity index (χ3n) is 2.34. The highest BCUT2D eigenvalue weighted by Gasteiger charge is 2.21. The molecule has 1 heterocycles. The van der Waals surface area contributed by atoms with Gasteiger partial charge in [0.15, 0.2) is 0 Å². The van der Waals surface area contributed by atoms with Gasteiger partial charge in [-0.05, 0) is 17.7 Å². The Kier molecular flexibility index (Phi) is 2.92. The number of nitriles is 1. The molecule has 0 spiro atoms. The Morgan fingerprint density at radius 3 is 3.06 bits per heavy atom. The summed E-state index contributed by atoms with van der Waals surface area (Å²) in [7, 11) is 0. The normalized spacial score (nSPS) is 17.6. The van der Waals surface area contributed by atoms with E-state index >= 15 is 0 Å². The van der Waals surface area contributed by atoms with Gasteiger partial charge in [0.2, 0.25) is 5.84 Å². The number of aliphatic carboxylic acids is 1. The molecule has 6 heteroatoms. The largest absolute Gasteiger partial charge is 0.475 e. The van der Waals surface area contributed by atoms with Gasteiger partial charge in [0.05, 0.1) is 11.6 Å². The number of rotatable bonds is 3. The predicted molar refractivity (Wildman–Crippen MR) is 60.0 cm³/mol. The molecule has 3 N–H and O–H groups in total. The molecular weight excluding hydrogens is 220 g/mol. The van der Waals surface area contributed by atoms with Crippen LogP contribution in [0.1, 0.15) is 11.1 Å². The zero-order valence-electron chi connectivity index (χ0n) is 8.84. The molecule has 17 heavy (non-hydrogen) atoms. The maximum absolute atomic E-state index is 10.6. The summed E-state index contributed by atoms with van der Waals surface area (Å²) < 4.78 is 0. The summed E-state index contributed by atoms with van der Waals surface area (Å²) in [4.78, 5) is 10.6. The molecule has 1 atom stereocenters. The van der Waals surface area contributed by atoms with Gasteiger partial charge >= 0.3 is 5.97 Å². The van der Waals surface area contributed by atoms with Crippen molar-refractivity contribution in [3.8, 4) is 6.07 Å². The highest BCUT2D eigenvalue weighted by atomic mass is 16.4. The predicted octanol–water partition coefficient (Wildman–Crippen LogP) is 0.0178. The third-order valence-corrected chi connectivity index (χ3v) is 2.34. The van der Waals surface area contributed by atoms with Gasteiger partial charge in [-0.25, -0.2) is 4.79 Å². The van der Waals surface area contributed by atoms with E-state index in [1.807, 2.05) is 6.07 Å². The fraction of sp³-hybridized carbons (Fsp3) is 0.182. The molecule has 0 fully saturated rings. The van der Waals surface area contributed by atoms with Crippen LogP contribution in [0.5, 0.6) is 0 Å². The van der Waals surface area contributed by atoms with Gasteiger partial charge in [0.25, 0.3) is 0 Å². The van der Waals surface area contributed by atoms with Crippen LogP contribution in [0.25, 0.3) is 0 Å². The summed E-state index contributed by atoms with van der Waals surface area (Å²) in [6, 6.07) is 9.21. The second kappa shape index (κ2) is 4.53. The van der Waals surface area contributed by atoms with Crippen molar-refractivity contribution in [1.29, 1.82) is 5.26 Å². The molecule has 6 nitrogen and oxygen atoms in total. The lowest BCUT2D eigenvalue weighted by atomic mass is 10.1. The van der Waals surface area contributed by atoms with Crippen LogP contribution in [0, 0.1) is 11.3 Å². The molecule has 0 saturated carbocycles. The van der Waals surface area contributed by atoms with Crippen molar-refractivity contribution in [2.75, 3.05) is 0 Å². The van der Waals surface area contributed by atoms with E-state index < -0.39 is 5.97 Å². The van der Waals surface area contributed by atoms with E-state index in [9.17, 15) is 4.79 Å². The highest BCUT2D eigenvalue weighted by Crippen LogP contribution is 2.07. The van der Waals surface area contributed by atoms with Gasteiger partial charge < -0.3 is 10.4 Å². The van der Waals surface area contributed by atoms with Crippen LogP contribution < -0.4 is 10.7 Å². The van der Waals surface area contributed by atoms with E-state index in [2.05, 4.69) is 21.9 Å². The first-order valence-electron chi connectivity index (χ1n) is 5.01. The summed E-state index contributed by atoms with van der Waals surface area (Å²) in [6.07, 6.45) is 0.297. The summed E-state index contributed by atoms with van der Waals surface area (Å²) in [5.41, 5.74) is 4.21. The molecule has 1 aliphatic heterocycles. The number of benzene rings is 1. The molecule has 1 unspecified atom stereocenters. The van der Waals surface area contributed by atoms with Crippen LogP contribution in [0.3, 0.4) is 0 Å². The minimum absolute atomic E-state index is 0.0913. The topological polar surface area (TPSA) is 97.5 Å². The van der Waals surface area contributed by atoms with Crippen LogP contribution in [-0.4, -0.2) is 23.1 Å². The van der Waals surface area contributed by atoms with Crippen molar-refractivity contribution >= 4 is 11.8 Å². The number of nitrogens with one attached hydrogen (secondary N) is 2. The van der Waals surface area contributed by atoms with E-state index in [1.165, 1.54) is 0 Å². The number of nitrogens with zero attached hydrogens (tertiary/aromatic N) is 2. The Labute approximate surface area is 97.6 Å². The lowest BCUT2D eigenvalue weighted by Gasteiger charge is -2.11. The van der Waals surface area contributed by atoms with E-state index in [0.29, 0.717) is 12.0 Å². The smallest absolute Gasteiger partial charge is 0.373 e. The van der Waals surface area contributed by atoms with Crippen molar-refractivity contribution in [2.24, 2.45) is 5.10 Å². The lowest BCUT2D eigenvalue weighted by molar-refractivity contribution is -0.129. The molecule has 2 rings (SSSR count). The number of hydrazone groups is 1. The minimum Gasteiger partial charge on any atom is -0.475 e. The maximum Gasteiger partial charge on any atom is 0.373 e. The van der Waals surface area contributed by atoms with Gasteiger partial charge in [0.1, 0.15) is 6.17 Å². The zero-order chi connectivity index (χ0) is 12.3. The van der Waals surface area contributed by atoms with Crippen molar-refractivity contribution in [1.82, 2.24) is 10.7 Å². The molecule has 0 amide bonds. The molecule has 86 valence electrons. The monoisotopic (exact) mass is 230 g/mol. The summed E-state index contributed by atoms with van der Waals surface area (Å²) in [5.74, 6) is -1.18. The summed E-state index contributed by atoms with van der Waals surface area (Å²) in [5, 5.41) is 23.8. The number of carboxylic acid groups (broad SMARTS) is 1. The molecule has 1 aromatic carbocycles. The fourth-order valence-electron chi connectivity index (χ4n) is 1.58. The van der Waals surface area contributed by atoms with Crippen LogP contribution in [0.2, 0.25) is 0 Å². The van der Waals surface area contributed by atoms with Crippen molar-refractivity contribution in [3.05, 3.63) is 35.4 Å². The number of hydrogen-bond acceptors (Lipinski definition) is 5. The minimum atomic E-state index is -1.09. The Morgan fingerprint density at radius 2 is 2.41 bits per heavy atom. The van der Waals surface area contributed by atoms with Gasteiger partial charge in [-0.1, -0.05) is 12.1 Å². The quantitative estimate of drug-likeness (QED) is 0.680. The number of amidine groups is 1. The van der Waals surface area contributed by atoms with Gasteiger partial charge in [0, 0.05) is 6.42 Å². The fourth-order valence-corrected chi connectivity index (χ4v) is 1.58. The summed E-state index contributed by atoms with van der Waals surface area (Å²) >= 11 is 0. The Morgan fingerprint density at radius 1 is 1.59 bits per heavy atom. The maximum atomic E-state index is 10.6. The first-order chi connectivity index (χ1) is 8.19. The van der Waals surface area contributed by atoms with E-state index in [1.54, 1.807) is 18.2 Å². The first-order valence-corrected chi connectivity index (χ1v) is 5.01. The number of carboxylic acids is 1. The molecule has 0 bridgehead atoms. The van der Waals surface area contributed by atoms with Crippen LogP contribution in [0.15, 0.2) is 29.4 Å². The SMILES string of the molecule is N#Cc1cccc(CC2NN=C(C(=O)O)N2)c1. The van der Waals surface area contributed by atoms with Crippen LogP contribution >= 0.6 is 0 Å². The summed E-state index contributed by atoms with van der Waals surface area (Å²) in [6.45, 7) is 0. The first kappa shape index (κ1) is 11.0. The van der Waals surface area contributed by atoms with Crippen molar-refractivity contribution < 1.29 is 9.90 Å². The molecule has 0 saturated heterocycles. The Balaban J connectivity index is 2.00. The van der Waals surface area contributed by atoms with Crippen molar-refractivity contribution in [2.45, 2.75) is 12.6 Å². The molecule has 1 aliphatic rings. The Hall–Kier alpha value is -2.55. The van der Waals surface area contributed by atoms with Crippen LogP contribution in [-0.2, 0) is 11.2 Å². The average Bonchev–Trinajstić information content (AvgIpc) is 2.78. The van der Waals surface area contributed by atoms with Gasteiger partial charge in [-0.2, -0.15) is 10.4 Å². The number of carbonyl (C=O) groups is 1. The Bertz CT molecular complexity index is 518. The molecule has 0 aliphatic carbocycles. The van der Waals surface area contributed by atoms with Crippen molar-refractivity contribution in [3.63, 3.8) is 0 Å². The molecular formula is C11H10N4O2. The standard InChI is InChI=1S/C11H10N4O2/c12-6-8-3-1-2-7(4-8)5-9-13-10(11(16)17)15-14-9/h1-4,9,14H,5H2,(H,13,15)(H,16,17). The molecule has 1 aromatic rings. The molecule has 0 aromatic heterocycles. The third kappa shape index (κ3) is 2.52. The van der Waals surface area contributed by atoms with E-state index in [-0.39, 0.29) is 12.0 Å². The highest BCUT2D eigenvalue weighted by molar-refractivity contribution is 6.34. The second-order valence-electron chi connectivity index (χ2n) is 3.61. The lowest BCUT2D eigenvalue weighted by Crippen LogP contribution is -2.39. The van der Waals surface area contributed by atoms with Gasteiger partial charge in [-0.3, -0.25) is 5.43 Å². The number of hydrogen-bond donors (Lipinski definition) is 3. The second-order valence-corrected chi connectivity index (χ2v) is 3.61. The molecule has 0 radical (unpaired) electrons. The van der Waals surface area contributed by atoms with E-state index in [4.69, 9.17) is 10.4 Å². The average molecular weight is 230 g/mol.